The molecule has 0 saturated carbocycles. The molecule has 0 aromatic heterocycles. The first-order valence-corrected chi connectivity index (χ1v) is 8.63. The van der Waals surface area contributed by atoms with Crippen LogP contribution >= 0.6 is 0 Å². The van der Waals surface area contributed by atoms with Gasteiger partial charge in [-0.1, -0.05) is 18.2 Å². The highest BCUT2D eigenvalue weighted by Crippen LogP contribution is 2.32. The molecule has 0 radical (unpaired) electrons. The molecule has 5 nitrogen and oxygen atoms in total. The monoisotopic (exact) mass is 361 g/mol. The molecule has 0 bridgehead atoms. The molecular weight excluding hydrogens is 337 g/mol. The molecule has 0 spiro atoms. The number of hydrogen-bond acceptors (Lipinski definition) is 5. The van der Waals surface area contributed by atoms with E-state index in [9.17, 15) is 9.50 Å². The lowest BCUT2D eigenvalue weighted by atomic mass is 10.1. The van der Waals surface area contributed by atoms with Crippen LogP contribution in [0.5, 0.6) is 11.5 Å². The first-order valence-electron chi connectivity index (χ1n) is 8.63. The lowest BCUT2D eigenvalue weighted by Gasteiger charge is -2.27. The molecule has 6 heteroatoms. The molecule has 140 valence electrons. The van der Waals surface area contributed by atoms with E-state index in [0.29, 0.717) is 13.2 Å². The van der Waals surface area contributed by atoms with Crippen LogP contribution in [0, 0.1) is 5.82 Å². The van der Waals surface area contributed by atoms with E-state index in [2.05, 4.69) is 0 Å². The number of likely N-dealkylation sites (N-methyl/N-ethyl adjacent to an activating group) is 1. The van der Waals surface area contributed by atoms with E-state index >= 15 is 0 Å². The lowest BCUT2D eigenvalue weighted by Crippen LogP contribution is -2.34. The van der Waals surface area contributed by atoms with Crippen molar-refractivity contribution < 1.29 is 23.7 Å². The summed E-state index contributed by atoms with van der Waals surface area (Å²) < 4.78 is 29.3. The molecular formula is C20H24FNO4. The quantitative estimate of drug-likeness (QED) is 0.783. The molecule has 2 aromatic rings. The fourth-order valence-corrected chi connectivity index (χ4v) is 2.88. The summed E-state index contributed by atoms with van der Waals surface area (Å²) in [6.45, 7) is 3.35. The third-order valence-electron chi connectivity index (χ3n) is 4.53. The second-order valence-electron chi connectivity index (χ2n) is 6.52. The molecule has 3 rings (SSSR count). The number of rotatable bonds is 8. The van der Waals surface area contributed by atoms with Gasteiger partial charge < -0.3 is 19.3 Å². The smallest absolute Gasteiger partial charge is 0.231 e. The SMILES string of the molecule is CC(c1ccc(F)cc1)N(C)CC(O)COCc1ccc2c(c1)OCO2. The normalized spacial score (nSPS) is 15.3. The van der Waals surface area contributed by atoms with Gasteiger partial charge in [0.1, 0.15) is 5.82 Å². The molecule has 1 N–H and O–H groups in total. The lowest BCUT2D eigenvalue weighted by molar-refractivity contribution is 0.00850. The van der Waals surface area contributed by atoms with E-state index in [1.807, 2.05) is 37.1 Å². The van der Waals surface area contributed by atoms with Crippen molar-refractivity contribution >= 4 is 0 Å². The van der Waals surface area contributed by atoms with Gasteiger partial charge in [-0.05, 0) is 49.4 Å². The van der Waals surface area contributed by atoms with Crippen LogP contribution in [-0.2, 0) is 11.3 Å². The highest BCUT2D eigenvalue weighted by atomic mass is 19.1. The zero-order valence-corrected chi connectivity index (χ0v) is 15.0. The van der Waals surface area contributed by atoms with Crippen LogP contribution < -0.4 is 9.47 Å². The predicted octanol–water partition coefficient (Wildman–Crippen LogP) is 3.12. The number of aliphatic hydroxyl groups is 1. The van der Waals surface area contributed by atoms with Crippen molar-refractivity contribution in [1.29, 1.82) is 0 Å². The Hall–Kier alpha value is -2.15. The zero-order chi connectivity index (χ0) is 18.5. The highest BCUT2D eigenvalue weighted by molar-refractivity contribution is 5.44. The Bertz CT molecular complexity index is 722. The minimum atomic E-state index is -0.614. The molecule has 26 heavy (non-hydrogen) atoms. The van der Waals surface area contributed by atoms with Crippen molar-refractivity contribution in [1.82, 2.24) is 4.90 Å². The predicted molar refractivity (Wildman–Crippen MR) is 95.7 cm³/mol. The number of hydrogen-bond donors (Lipinski definition) is 1. The van der Waals surface area contributed by atoms with Crippen LogP contribution in [-0.4, -0.2) is 43.1 Å². The largest absolute Gasteiger partial charge is 0.454 e. The number of halogens is 1. The minimum absolute atomic E-state index is 0.0686. The van der Waals surface area contributed by atoms with Crippen molar-refractivity contribution in [2.45, 2.75) is 25.7 Å². The van der Waals surface area contributed by atoms with E-state index in [4.69, 9.17) is 14.2 Å². The second-order valence-corrected chi connectivity index (χ2v) is 6.52. The average Bonchev–Trinajstić information content (AvgIpc) is 3.09. The van der Waals surface area contributed by atoms with Crippen LogP contribution in [0.4, 0.5) is 4.39 Å². The Kier molecular flexibility index (Phi) is 6.08. The van der Waals surface area contributed by atoms with Gasteiger partial charge in [-0.3, -0.25) is 4.90 Å². The number of ether oxygens (including phenoxy) is 3. The molecule has 1 aliphatic heterocycles. The summed E-state index contributed by atoms with van der Waals surface area (Å²) in [6, 6.07) is 12.2. The van der Waals surface area contributed by atoms with E-state index < -0.39 is 6.10 Å². The Balaban J connectivity index is 1.43. The van der Waals surface area contributed by atoms with Gasteiger partial charge in [0.25, 0.3) is 0 Å². The summed E-state index contributed by atoms with van der Waals surface area (Å²) in [5.41, 5.74) is 1.97. The highest BCUT2D eigenvalue weighted by Gasteiger charge is 2.16. The van der Waals surface area contributed by atoms with Crippen molar-refractivity contribution in [3.8, 4) is 11.5 Å². The Morgan fingerprint density at radius 2 is 1.88 bits per heavy atom. The van der Waals surface area contributed by atoms with Gasteiger partial charge in [0, 0.05) is 12.6 Å². The van der Waals surface area contributed by atoms with Crippen LogP contribution in [0.1, 0.15) is 24.1 Å². The van der Waals surface area contributed by atoms with Gasteiger partial charge in [-0.25, -0.2) is 4.39 Å². The van der Waals surface area contributed by atoms with Crippen LogP contribution in [0.25, 0.3) is 0 Å². The van der Waals surface area contributed by atoms with Gasteiger partial charge in [-0.2, -0.15) is 0 Å². The third kappa shape index (κ3) is 4.72. The number of benzene rings is 2. The molecule has 2 atom stereocenters. The van der Waals surface area contributed by atoms with Crippen molar-refractivity contribution in [2.24, 2.45) is 0 Å². The topological polar surface area (TPSA) is 51.2 Å². The van der Waals surface area contributed by atoms with Crippen LogP contribution in [0.15, 0.2) is 42.5 Å². The zero-order valence-electron chi connectivity index (χ0n) is 15.0. The summed E-state index contributed by atoms with van der Waals surface area (Å²) in [6.07, 6.45) is -0.614. The van der Waals surface area contributed by atoms with E-state index in [1.165, 1.54) is 12.1 Å². The van der Waals surface area contributed by atoms with Crippen LogP contribution in [0.2, 0.25) is 0 Å². The molecule has 0 amide bonds. The fourth-order valence-electron chi connectivity index (χ4n) is 2.88. The second kappa shape index (κ2) is 8.49. The fraction of sp³-hybridized carbons (Fsp3) is 0.400. The first-order chi connectivity index (χ1) is 12.5. The molecule has 1 heterocycles. The summed E-state index contributed by atoms with van der Waals surface area (Å²) in [5.74, 6) is 1.21. The van der Waals surface area contributed by atoms with Crippen LogP contribution in [0.3, 0.4) is 0 Å². The Labute approximate surface area is 152 Å². The molecule has 2 aromatic carbocycles. The van der Waals surface area contributed by atoms with Gasteiger partial charge in [-0.15, -0.1) is 0 Å². The maximum absolute atomic E-state index is 13.0. The Morgan fingerprint density at radius 3 is 2.65 bits per heavy atom. The van der Waals surface area contributed by atoms with Crippen molar-refractivity contribution in [3.63, 3.8) is 0 Å². The Morgan fingerprint density at radius 1 is 1.15 bits per heavy atom. The van der Waals surface area contributed by atoms with E-state index in [1.54, 1.807) is 12.1 Å². The number of nitrogens with zero attached hydrogens (tertiary/aromatic N) is 1. The molecule has 2 unspecified atom stereocenters. The first kappa shape index (κ1) is 18.6. The van der Waals surface area contributed by atoms with Crippen molar-refractivity contribution in [2.75, 3.05) is 27.0 Å². The average molecular weight is 361 g/mol. The van der Waals surface area contributed by atoms with E-state index in [0.717, 1.165) is 22.6 Å². The van der Waals surface area contributed by atoms with Crippen molar-refractivity contribution in [3.05, 3.63) is 59.4 Å². The standard InChI is InChI=1S/C20H24FNO4/c1-14(16-4-6-17(21)7-5-16)22(2)10-18(23)12-24-11-15-3-8-19-20(9-15)26-13-25-19/h3-9,14,18,23H,10-13H2,1-2H3. The molecule has 0 fully saturated rings. The van der Waals surface area contributed by atoms with Gasteiger partial charge >= 0.3 is 0 Å². The maximum Gasteiger partial charge on any atom is 0.231 e. The maximum atomic E-state index is 13.0. The summed E-state index contributed by atoms with van der Waals surface area (Å²) in [7, 11) is 1.93. The summed E-state index contributed by atoms with van der Waals surface area (Å²) >= 11 is 0. The molecule has 0 saturated heterocycles. The van der Waals surface area contributed by atoms with E-state index in [-0.39, 0.29) is 25.3 Å². The summed E-state index contributed by atoms with van der Waals surface area (Å²) in [4.78, 5) is 2.02. The van der Waals surface area contributed by atoms with Gasteiger partial charge in [0.2, 0.25) is 6.79 Å². The van der Waals surface area contributed by atoms with Gasteiger partial charge in [0.15, 0.2) is 11.5 Å². The van der Waals surface area contributed by atoms with Gasteiger partial charge in [0.05, 0.1) is 19.3 Å². The number of aliphatic hydroxyl groups excluding tert-OH is 1. The molecule has 0 aliphatic carbocycles. The molecule has 1 aliphatic rings. The minimum Gasteiger partial charge on any atom is -0.454 e. The third-order valence-corrected chi connectivity index (χ3v) is 4.53. The summed E-state index contributed by atoms with van der Waals surface area (Å²) in [5, 5.41) is 10.2. The number of fused-ring (bicyclic) bond motifs is 1.